The van der Waals surface area contributed by atoms with E-state index in [0.29, 0.717) is 0 Å². The molecule has 0 aliphatic rings. The Hall–Kier alpha value is -1.92. The van der Waals surface area contributed by atoms with Crippen molar-refractivity contribution in [3.8, 4) is 0 Å². The normalized spacial score (nSPS) is 8.38. The average molecular weight is 190 g/mol. The number of carboxylic acids is 1. The van der Waals surface area contributed by atoms with Crippen LogP contribution in [0.5, 0.6) is 0 Å². The first-order valence-corrected chi connectivity index (χ1v) is 3.12. The Balaban J connectivity index is 0.000000252. The Morgan fingerprint density at radius 3 is 2.31 bits per heavy atom. The zero-order chi connectivity index (χ0) is 10.3. The van der Waals surface area contributed by atoms with Gasteiger partial charge in [0.2, 0.25) is 0 Å². The molecule has 0 saturated carbocycles. The van der Waals surface area contributed by atoms with Crippen molar-refractivity contribution < 1.29 is 14.3 Å². The van der Waals surface area contributed by atoms with Gasteiger partial charge >= 0.3 is 11.7 Å². The van der Waals surface area contributed by atoms with Gasteiger partial charge in [0.05, 0.1) is 0 Å². The fraction of sp³-hybridized carbons (Fsp3) is 0.167. The van der Waals surface area contributed by atoms with Crippen molar-refractivity contribution in [2.24, 2.45) is 0 Å². The van der Waals surface area contributed by atoms with Gasteiger partial charge in [0.1, 0.15) is 0 Å². The zero-order valence-electron chi connectivity index (χ0n) is 6.41. The lowest BCUT2D eigenvalue weighted by Gasteiger charge is -1.75. The predicted molar refractivity (Wildman–Crippen MR) is 41.3 cm³/mol. The number of rotatable bonds is 1. The maximum atomic E-state index is 10.5. The molecule has 0 amide bonds. The van der Waals surface area contributed by atoms with Crippen LogP contribution in [0.15, 0.2) is 21.9 Å². The Morgan fingerprint density at radius 1 is 1.54 bits per heavy atom. The van der Waals surface area contributed by atoms with Crippen LogP contribution in [-0.2, 0) is 4.79 Å². The molecule has 0 aliphatic heterocycles. The molecule has 0 fully saturated rings. The molecule has 1 heterocycles. The number of carbonyl (C=O) groups is 1. The van der Waals surface area contributed by atoms with Crippen LogP contribution >= 0.6 is 0 Å². The van der Waals surface area contributed by atoms with Gasteiger partial charge in [-0.15, -0.1) is 0 Å². The number of aliphatic carboxylic acids is 1. The maximum absolute atomic E-state index is 10.5. The molecule has 0 aliphatic carbocycles. The lowest BCUT2D eigenvalue weighted by Crippen LogP contribution is -2.19. The number of carboxylic acid groups (broad SMARTS) is 1. The summed E-state index contributed by atoms with van der Waals surface area (Å²) in [5.74, 6) is -1.41. The SMILES string of the molecule is O=C(O)CF.O=c1cc[nH]c(=O)[nH]1. The molecule has 3 N–H and O–H groups in total. The Morgan fingerprint density at radius 2 is 2.08 bits per heavy atom. The lowest BCUT2D eigenvalue weighted by molar-refractivity contribution is -0.137. The molecular formula is C6H7FN2O4. The second kappa shape index (κ2) is 5.70. The van der Waals surface area contributed by atoms with Crippen LogP contribution in [-0.4, -0.2) is 27.7 Å². The van der Waals surface area contributed by atoms with Gasteiger partial charge in [-0.1, -0.05) is 0 Å². The van der Waals surface area contributed by atoms with Crippen LogP contribution in [0.2, 0.25) is 0 Å². The fourth-order valence-corrected chi connectivity index (χ4v) is 0.383. The molecule has 1 aromatic heterocycles. The highest BCUT2D eigenvalue weighted by Crippen LogP contribution is 1.60. The minimum Gasteiger partial charge on any atom is -0.479 e. The number of alkyl halides is 1. The summed E-state index contributed by atoms with van der Waals surface area (Å²) in [5.41, 5.74) is -0.855. The number of aromatic amines is 2. The van der Waals surface area contributed by atoms with E-state index in [1.807, 2.05) is 4.98 Å². The molecule has 0 atom stereocenters. The van der Waals surface area contributed by atoms with Gasteiger partial charge in [-0.25, -0.2) is 14.0 Å². The van der Waals surface area contributed by atoms with Crippen LogP contribution < -0.4 is 11.2 Å². The summed E-state index contributed by atoms with van der Waals surface area (Å²) in [6.45, 7) is -1.28. The van der Waals surface area contributed by atoms with Gasteiger partial charge in [-0.3, -0.25) is 9.78 Å². The summed E-state index contributed by atoms with van der Waals surface area (Å²) in [6, 6.07) is 1.24. The topological polar surface area (TPSA) is 103 Å². The quantitative estimate of drug-likeness (QED) is 0.534. The summed E-state index contributed by atoms with van der Waals surface area (Å²) in [7, 11) is 0. The Labute approximate surface area is 71.1 Å². The molecule has 13 heavy (non-hydrogen) atoms. The number of hydrogen-bond acceptors (Lipinski definition) is 3. The molecule has 6 nitrogen and oxygen atoms in total. The molecule has 0 unspecified atom stereocenters. The van der Waals surface area contributed by atoms with Gasteiger partial charge in [0.15, 0.2) is 6.67 Å². The second-order valence-electron chi connectivity index (χ2n) is 1.82. The highest BCUT2D eigenvalue weighted by molar-refractivity contribution is 5.67. The van der Waals surface area contributed by atoms with Gasteiger partial charge in [-0.2, -0.15) is 0 Å². The summed E-state index contributed by atoms with van der Waals surface area (Å²) in [6.07, 6.45) is 1.29. The van der Waals surface area contributed by atoms with Gasteiger partial charge in [0, 0.05) is 12.3 Å². The highest BCUT2D eigenvalue weighted by atomic mass is 19.1. The third kappa shape index (κ3) is 6.48. The highest BCUT2D eigenvalue weighted by Gasteiger charge is 1.85. The van der Waals surface area contributed by atoms with Crippen LogP contribution in [0.1, 0.15) is 0 Å². The summed E-state index contributed by atoms with van der Waals surface area (Å²) in [4.78, 5) is 33.7. The largest absolute Gasteiger partial charge is 0.479 e. The molecular weight excluding hydrogens is 183 g/mol. The van der Waals surface area contributed by atoms with Crippen LogP contribution in [0.3, 0.4) is 0 Å². The van der Waals surface area contributed by atoms with E-state index in [2.05, 4.69) is 4.98 Å². The molecule has 0 bridgehead atoms. The number of hydrogen-bond donors (Lipinski definition) is 3. The summed E-state index contributed by atoms with van der Waals surface area (Å²) in [5, 5.41) is 7.35. The van der Waals surface area contributed by atoms with Crippen molar-refractivity contribution in [3.63, 3.8) is 0 Å². The smallest absolute Gasteiger partial charge is 0.335 e. The number of H-pyrrole nitrogens is 2. The van der Waals surface area contributed by atoms with Crippen molar-refractivity contribution in [1.29, 1.82) is 0 Å². The second-order valence-corrected chi connectivity index (χ2v) is 1.82. The van der Waals surface area contributed by atoms with E-state index in [9.17, 15) is 14.0 Å². The Bertz CT molecular complexity index is 344. The maximum Gasteiger partial charge on any atom is 0.335 e. The molecule has 0 saturated heterocycles. The first kappa shape index (κ1) is 11.1. The van der Waals surface area contributed by atoms with Crippen LogP contribution in [0.25, 0.3) is 0 Å². The standard InChI is InChI=1S/C4H4N2O2.C2H3FO2/c7-3-1-2-5-4(8)6-3;3-1-2(4)5/h1-2H,(H2,5,6,7,8);1H2,(H,4,5). The molecule has 1 aromatic rings. The molecule has 72 valence electrons. The van der Waals surface area contributed by atoms with Crippen molar-refractivity contribution in [1.82, 2.24) is 9.97 Å². The Kier molecular flexibility index (Phi) is 4.85. The van der Waals surface area contributed by atoms with Gasteiger partial charge in [0.25, 0.3) is 5.56 Å². The number of aromatic nitrogens is 2. The monoisotopic (exact) mass is 190 g/mol. The van der Waals surface area contributed by atoms with Crippen molar-refractivity contribution >= 4 is 5.97 Å². The third-order valence-corrected chi connectivity index (χ3v) is 0.800. The minimum absolute atomic E-state index is 0.381. The number of halogens is 1. The number of nitrogens with one attached hydrogen (secondary N) is 2. The molecule has 7 heteroatoms. The molecule has 1 rings (SSSR count). The van der Waals surface area contributed by atoms with E-state index >= 15 is 0 Å². The third-order valence-electron chi connectivity index (χ3n) is 0.800. The van der Waals surface area contributed by atoms with Gasteiger partial charge in [-0.05, 0) is 0 Å². The fourth-order valence-electron chi connectivity index (χ4n) is 0.383. The molecule has 0 radical (unpaired) electrons. The van der Waals surface area contributed by atoms with Crippen molar-refractivity contribution in [2.45, 2.75) is 0 Å². The first-order chi connectivity index (χ1) is 6.06. The van der Waals surface area contributed by atoms with E-state index in [4.69, 9.17) is 9.90 Å². The predicted octanol–water partition coefficient (Wildman–Crippen LogP) is -0.896. The van der Waals surface area contributed by atoms with Crippen molar-refractivity contribution in [3.05, 3.63) is 33.1 Å². The first-order valence-electron chi connectivity index (χ1n) is 3.12. The minimum atomic E-state index is -1.41. The van der Waals surface area contributed by atoms with E-state index in [0.717, 1.165) is 0 Å². The zero-order valence-corrected chi connectivity index (χ0v) is 6.41. The molecule has 0 aromatic carbocycles. The average Bonchev–Trinajstić information content (AvgIpc) is 2.05. The molecule has 0 spiro atoms. The van der Waals surface area contributed by atoms with Crippen molar-refractivity contribution in [2.75, 3.05) is 6.67 Å². The lowest BCUT2D eigenvalue weighted by atomic mass is 10.7. The van der Waals surface area contributed by atoms with E-state index in [1.165, 1.54) is 12.3 Å². The van der Waals surface area contributed by atoms with Gasteiger partial charge < -0.3 is 10.1 Å². The van der Waals surface area contributed by atoms with E-state index in [1.54, 1.807) is 0 Å². The van der Waals surface area contributed by atoms with E-state index in [-0.39, 0.29) is 5.56 Å². The van der Waals surface area contributed by atoms with Crippen LogP contribution in [0.4, 0.5) is 4.39 Å². The van der Waals surface area contributed by atoms with Crippen LogP contribution in [0, 0.1) is 0 Å². The summed E-state index contributed by atoms with van der Waals surface area (Å²) < 4.78 is 10.5. The summed E-state index contributed by atoms with van der Waals surface area (Å²) >= 11 is 0. The van der Waals surface area contributed by atoms with E-state index < -0.39 is 18.3 Å².